The summed E-state index contributed by atoms with van der Waals surface area (Å²) in [7, 11) is 0. The molecule has 13 heavy (non-hydrogen) atoms. The molecule has 1 saturated heterocycles. The predicted molar refractivity (Wildman–Crippen MR) is 53.9 cm³/mol. The molecule has 1 unspecified atom stereocenters. The van der Waals surface area contributed by atoms with Crippen molar-refractivity contribution in [2.45, 2.75) is 58.2 Å². The molecule has 1 aliphatic heterocycles. The first kappa shape index (κ1) is 11.0. The van der Waals surface area contributed by atoms with Crippen LogP contribution in [0, 0.1) is 0 Å². The summed E-state index contributed by atoms with van der Waals surface area (Å²) in [5.74, 6) is 0. The van der Waals surface area contributed by atoms with Crippen LogP contribution < -0.4 is 0 Å². The molecule has 1 rings (SSSR count). The zero-order valence-electron chi connectivity index (χ0n) is 9.35. The van der Waals surface area contributed by atoms with Gasteiger partial charge in [-0.05, 0) is 47.0 Å². The van der Waals surface area contributed by atoms with E-state index in [0.717, 1.165) is 19.6 Å². The minimum absolute atomic E-state index is 0.0362. The molecule has 0 aliphatic carbocycles. The highest BCUT2D eigenvalue weighted by Gasteiger charge is 2.29. The van der Waals surface area contributed by atoms with E-state index >= 15 is 0 Å². The third-order valence-electron chi connectivity index (χ3n) is 2.36. The van der Waals surface area contributed by atoms with Crippen molar-refractivity contribution in [1.29, 1.82) is 0 Å². The molecule has 1 heterocycles. The maximum absolute atomic E-state index is 5.75. The Bertz CT molecular complexity index is 152. The van der Waals surface area contributed by atoms with E-state index in [1.54, 1.807) is 0 Å². The molecular weight excluding hydrogens is 164 g/mol. The Labute approximate surface area is 81.6 Å². The lowest BCUT2D eigenvalue weighted by Gasteiger charge is -2.36. The van der Waals surface area contributed by atoms with Crippen molar-refractivity contribution < 1.29 is 9.47 Å². The lowest BCUT2D eigenvalue weighted by atomic mass is 9.97. The third-order valence-corrected chi connectivity index (χ3v) is 2.36. The second-order valence-electron chi connectivity index (χ2n) is 5.16. The summed E-state index contributed by atoms with van der Waals surface area (Å²) >= 11 is 0. The SMILES string of the molecule is CC(C)(C)OCC1(C)CCCCO1. The fourth-order valence-electron chi connectivity index (χ4n) is 1.47. The molecule has 78 valence electrons. The van der Waals surface area contributed by atoms with Crippen molar-refractivity contribution in [1.82, 2.24) is 0 Å². The van der Waals surface area contributed by atoms with E-state index in [0.29, 0.717) is 0 Å². The second kappa shape index (κ2) is 3.97. The molecule has 0 bridgehead atoms. The maximum Gasteiger partial charge on any atom is 0.0887 e. The summed E-state index contributed by atoms with van der Waals surface area (Å²) in [4.78, 5) is 0. The van der Waals surface area contributed by atoms with Crippen LogP contribution in [-0.2, 0) is 9.47 Å². The summed E-state index contributed by atoms with van der Waals surface area (Å²) in [5, 5.41) is 0. The Kier molecular flexibility index (Phi) is 3.36. The Morgan fingerprint density at radius 1 is 1.31 bits per heavy atom. The van der Waals surface area contributed by atoms with Crippen LogP contribution >= 0.6 is 0 Å². The van der Waals surface area contributed by atoms with Gasteiger partial charge in [0.05, 0.1) is 17.8 Å². The number of ether oxygens (including phenoxy) is 2. The van der Waals surface area contributed by atoms with E-state index < -0.39 is 0 Å². The molecule has 0 amide bonds. The lowest BCUT2D eigenvalue weighted by Crippen LogP contribution is -2.40. The normalized spacial score (nSPS) is 30.5. The summed E-state index contributed by atoms with van der Waals surface area (Å²) in [6.07, 6.45) is 3.60. The van der Waals surface area contributed by atoms with Crippen LogP contribution in [0.1, 0.15) is 47.0 Å². The zero-order chi connectivity index (χ0) is 9.95. The molecule has 0 spiro atoms. The first-order valence-electron chi connectivity index (χ1n) is 5.19. The van der Waals surface area contributed by atoms with Gasteiger partial charge in [-0.2, -0.15) is 0 Å². The van der Waals surface area contributed by atoms with Crippen LogP contribution in [0.25, 0.3) is 0 Å². The molecule has 0 aromatic carbocycles. The van der Waals surface area contributed by atoms with Crippen LogP contribution in [-0.4, -0.2) is 24.4 Å². The van der Waals surface area contributed by atoms with Gasteiger partial charge >= 0.3 is 0 Å². The molecule has 1 atom stereocenters. The van der Waals surface area contributed by atoms with Crippen molar-refractivity contribution in [3.05, 3.63) is 0 Å². The highest BCUT2D eigenvalue weighted by Crippen LogP contribution is 2.26. The van der Waals surface area contributed by atoms with Crippen molar-refractivity contribution in [3.63, 3.8) is 0 Å². The Morgan fingerprint density at radius 3 is 2.46 bits per heavy atom. The minimum Gasteiger partial charge on any atom is -0.373 e. The largest absolute Gasteiger partial charge is 0.373 e. The van der Waals surface area contributed by atoms with Crippen LogP contribution in [0.2, 0.25) is 0 Å². The van der Waals surface area contributed by atoms with Crippen molar-refractivity contribution in [3.8, 4) is 0 Å². The van der Waals surface area contributed by atoms with Gasteiger partial charge in [0.2, 0.25) is 0 Å². The maximum atomic E-state index is 5.75. The smallest absolute Gasteiger partial charge is 0.0887 e. The molecule has 2 heteroatoms. The Hall–Kier alpha value is -0.0800. The Balaban J connectivity index is 2.33. The van der Waals surface area contributed by atoms with E-state index in [2.05, 4.69) is 27.7 Å². The van der Waals surface area contributed by atoms with Gasteiger partial charge < -0.3 is 9.47 Å². The predicted octanol–water partition coefficient (Wildman–Crippen LogP) is 2.76. The molecule has 0 aromatic heterocycles. The summed E-state index contributed by atoms with van der Waals surface area (Å²) in [6.45, 7) is 10.0. The van der Waals surface area contributed by atoms with E-state index in [1.807, 2.05) is 0 Å². The van der Waals surface area contributed by atoms with E-state index in [9.17, 15) is 0 Å². The number of hydrogen-bond acceptors (Lipinski definition) is 2. The van der Waals surface area contributed by atoms with Crippen molar-refractivity contribution >= 4 is 0 Å². The fourth-order valence-corrected chi connectivity index (χ4v) is 1.47. The van der Waals surface area contributed by atoms with Gasteiger partial charge in [-0.3, -0.25) is 0 Å². The molecule has 1 fully saturated rings. The minimum atomic E-state index is -0.0518. The summed E-state index contributed by atoms with van der Waals surface area (Å²) in [6, 6.07) is 0. The van der Waals surface area contributed by atoms with Crippen molar-refractivity contribution in [2.75, 3.05) is 13.2 Å². The average Bonchev–Trinajstić information content (AvgIpc) is 2.02. The number of rotatable bonds is 2. The highest BCUT2D eigenvalue weighted by atomic mass is 16.6. The van der Waals surface area contributed by atoms with Gasteiger partial charge in [0.15, 0.2) is 0 Å². The lowest BCUT2D eigenvalue weighted by molar-refractivity contribution is -0.140. The Morgan fingerprint density at radius 2 is 2.00 bits per heavy atom. The van der Waals surface area contributed by atoms with Crippen LogP contribution in [0.5, 0.6) is 0 Å². The van der Waals surface area contributed by atoms with Gasteiger partial charge in [0.25, 0.3) is 0 Å². The van der Waals surface area contributed by atoms with Crippen LogP contribution in [0.4, 0.5) is 0 Å². The molecule has 1 aliphatic rings. The summed E-state index contributed by atoms with van der Waals surface area (Å²) < 4.78 is 11.5. The van der Waals surface area contributed by atoms with E-state index in [4.69, 9.17) is 9.47 Å². The van der Waals surface area contributed by atoms with Crippen LogP contribution in [0.15, 0.2) is 0 Å². The first-order valence-corrected chi connectivity index (χ1v) is 5.19. The topological polar surface area (TPSA) is 18.5 Å². The molecule has 0 N–H and O–H groups in total. The summed E-state index contributed by atoms with van der Waals surface area (Å²) in [5.41, 5.74) is -0.0879. The molecule has 2 nitrogen and oxygen atoms in total. The third kappa shape index (κ3) is 4.10. The van der Waals surface area contributed by atoms with Crippen LogP contribution in [0.3, 0.4) is 0 Å². The van der Waals surface area contributed by atoms with Gasteiger partial charge in [-0.1, -0.05) is 0 Å². The van der Waals surface area contributed by atoms with E-state index in [1.165, 1.54) is 12.8 Å². The van der Waals surface area contributed by atoms with Gasteiger partial charge in [-0.25, -0.2) is 0 Å². The first-order chi connectivity index (χ1) is 5.91. The van der Waals surface area contributed by atoms with Gasteiger partial charge in [0, 0.05) is 6.61 Å². The molecule has 0 radical (unpaired) electrons. The highest BCUT2D eigenvalue weighted by molar-refractivity contribution is 4.79. The van der Waals surface area contributed by atoms with Gasteiger partial charge in [0.1, 0.15) is 0 Å². The average molecular weight is 186 g/mol. The second-order valence-corrected chi connectivity index (χ2v) is 5.16. The monoisotopic (exact) mass is 186 g/mol. The van der Waals surface area contributed by atoms with E-state index in [-0.39, 0.29) is 11.2 Å². The molecular formula is C11H22O2. The quantitative estimate of drug-likeness (QED) is 0.660. The fraction of sp³-hybridized carbons (Fsp3) is 1.00. The zero-order valence-corrected chi connectivity index (χ0v) is 9.35. The van der Waals surface area contributed by atoms with Crippen molar-refractivity contribution in [2.24, 2.45) is 0 Å². The van der Waals surface area contributed by atoms with Gasteiger partial charge in [-0.15, -0.1) is 0 Å². The molecule has 0 aromatic rings. The number of hydrogen-bond donors (Lipinski definition) is 0. The molecule has 0 saturated carbocycles. The standard InChI is InChI=1S/C11H22O2/c1-10(2,3)13-9-11(4)7-5-6-8-12-11/h5-9H2,1-4H3.